The van der Waals surface area contributed by atoms with Crippen molar-refractivity contribution in [1.29, 1.82) is 0 Å². The molecule has 0 atom stereocenters. The van der Waals surface area contributed by atoms with E-state index < -0.39 is 5.97 Å². The number of para-hydroxylation sites is 1. The Morgan fingerprint density at radius 1 is 1.41 bits per heavy atom. The Bertz CT molecular complexity index is 410. The predicted octanol–water partition coefficient (Wildman–Crippen LogP) is 2.57. The van der Waals surface area contributed by atoms with Gasteiger partial charge in [0, 0.05) is 0 Å². The van der Waals surface area contributed by atoms with Crippen LogP contribution in [0.25, 0.3) is 0 Å². The summed E-state index contributed by atoms with van der Waals surface area (Å²) in [7, 11) is 0. The number of ether oxygens (including phenoxy) is 2. The summed E-state index contributed by atoms with van der Waals surface area (Å²) in [6.07, 6.45) is 2.33. The molecular weight excluding hydrogens is 220 g/mol. The van der Waals surface area contributed by atoms with Crippen molar-refractivity contribution >= 4 is 5.97 Å². The van der Waals surface area contributed by atoms with Gasteiger partial charge in [0.15, 0.2) is 11.5 Å². The molecule has 4 nitrogen and oxygen atoms in total. The summed E-state index contributed by atoms with van der Waals surface area (Å²) in [5, 5.41) is 9.10. The molecule has 1 aliphatic carbocycles. The van der Waals surface area contributed by atoms with Crippen molar-refractivity contribution in [3.05, 3.63) is 23.8 Å². The van der Waals surface area contributed by atoms with E-state index in [0.717, 1.165) is 0 Å². The van der Waals surface area contributed by atoms with Gasteiger partial charge in [0.25, 0.3) is 0 Å². The zero-order chi connectivity index (χ0) is 12.3. The molecule has 0 amide bonds. The lowest BCUT2D eigenvalue weighted by Gasteiger charge is -2.13. The van der Waals surface area contributed by atoms with Crippen molar-refractivity contribution in [2.24, 2.45) is 5.92 Å². The lowest BCUT2D eigenvalue weighted by molar-refractivity contribution is 0.0691. The van der Waals surface area contributed by atoms with Gasteiger partial charge in [-0.15, -0.1) is 0 Å². The van der Waals surface area contributed by atoms with E-state index in [1.807, 2.05) is 6.92 Å². The van der Waals surface area contributed by atoms with Crippen LogP contribution in [-0.2, 0) is 0 Å². The van der Waals surface area contributed by atoms with Crippen LogP contribution < -0.4 is 9.47 Å². The zero-order valence-electron chi connectivity index (χ0n) is 9.81. The first kappa shape index (κ1) is 11.8. The van der Waals surface area contributed by atoms with Crippen LogP contribution in [0.15, 0.2) is 18.2 Å². The van der Waals surface area contributed by atoms with Crippen LogP contribution >= 0.6 is 0 Å². The fourth-order valence-corrected chi connectivity index (χ4v) is 1.59. The van der Waals surface area contributed by atoms with Crippen molar-refractivity contribution in [1.82, 2.24) is 0 Å². The third-order valence-corrected chi connectivity index (χ3v) is 2.67. The van der Waals surface area contributed by atoms with Crippen molar-refractivity contribution < 1.29 is 19.4 Å². The van der Waals surface area contributed by atoms with Gasteiger partial charge in [0.05, 0.1) is 13.2 Å². The molecule has 92 valence electrons. The summed E-state index contributed by atoms with van der Waals surface area (Å²) < 4.78 is 11.0. The number of hydrogen-bond donors (Lipinski definition) is 1. The molecule has 0 unspecified atom stereocenters. The van der Waals surface area contributed by atoms with Crippen LogP contribution in [0.4, 0.5) is 0 Å². The Kier molecular flexibility index (Phi) is 3.52. The Hall–Kier alpha value is -1.71. The van der Waals surface area contributed by atoms with E-state index in [9.17, 15) is 4.79 Å². The van der Waals surface area contributed by atoms with Gasteiger partial charge in [0.1, 0.15) is 5.56 Å². The molecule has 17 heavy (non-hydrogen) atoms. The standard InChI is InChI=1S/C13H16O4/c1-2-16-11-5-3-4-10(13(14)15)12(11)17-8-9-6-7-9/h3-5,9H,2,6-8H2,1H3,(H,14,15). The molecule has 0 aromatic heterocycles. The van der Waals surface area contributed by atoms with E-state index in [0.29, 0.717) is 30.6 Å². The van der Waals surface area contributed by atoms with E-state index in [-0.39, 0.29) is 5.56 Å². The molecule has 0 bridgehead atoms. The van der Waals surface area contributed by atoms with Crippen LogP contribution in [0.5, 0.6) is 11.5 Å². The minimum atomic E-state index is -0.989. The van der Waals surface area contributed by atoms with E-state index in [4.69, 9.17) is 14.6 Å². The van der Waals surface area contributed by atoms with Gasteiger partial charge in [-0.25, -0.2) is 4.79 Å². The molecule has 1 aromatic rings. The fourth-order valence-electron chi connectivity index (χ4n) is 1.59. The van der Waals surface area contributed by atoms with Crippen molar-refractivity contribution in [3.8, 4) is 11.5 Å². The molecule has 1 aliphatic rings. The summed E-state index contributed by atoms with van der Waals surface area (Å²) >= 11 is 0. The van der Waals surface area contributed by atoms with Gasteiger partial charge in [0.2, 0.25) is 0 Å². The molecule has 2 rings (SSSR count). The predicted molar refractivity (Wildman–Crippen MR) is 62.8 cm³/mol. The smallest absolute Gasteiger partial charge is 0.339 e. The normalized spacial score (nSPS) is 14.4. The molecule has 4 heteroatoms. The Morgan fingerprint density at radius 2 is 2.18 bits per heavy atom. The summed E-state index contributed by atoms with van der Waals surface area (Å²) in [6, 6.07) is 4.93. The molecule has 0 spiro atoms. The van der Waals surface area contributed by atoms with Crippen LogP contribution in [0.1, 0.15) is 30.1 Å². The SMILES string of the molecule is CCOc1cccc(C(=O)O)c1OCC1CC1. The van der Waals surface area contributed by atoms with Crippen LogP contribution in [0.3, 0.4) is 0 Å². The lowest BCUT2D eigenvalue weighted by atomic mass is 10.2. The molecule has 0 radical (unpaired) electrons. The highest BCUT2D eigenvalue weighted by Gasteiger charge is 2.24. The molecule has 0 saturated heterocycles. The molecule has 1 saturated carbocycles. The number of benzene rings is 1. The third-order valence-electron chi connectivity index (χ3n) is 2.67. The first-order chi connectivity index (χ1) is 8.22. The summed E-state index contributed by atoms with van der Waals surface area (Å²) in [6.45, 7) is 2.92. The lowest BCUT2D eigenvalue weighted by Crippen LogP contribution is -2.07. The second kappa shape index (κ2) is 5.08. The topological polar surface area (TPSA) is 55.8 Å². The highest BCUT2D eigenvalue weighted by molar-refractivity contribution is 5.92. The molecule has 1 aromatic carbocycles. The zero-order valence-corrected chi connectivity index (χ0v) is 9.81. The highest BCUT2D eigenvalue weighted by Crippen LogP contribution is 2.35. The number of hydrogen-bond acceptors (Lipinski definition) is 3. The van der Waals surface area contributed by atoms with Gasteiger partial charge in [-0.05, 0) is 37.8 Å². The van der Waals surface area contributed by atoms with E-state index in [1.165, 1.54) is 18.9 Å². The Labute approximate surface area is 100 Å². The highest BCUT2D eigenvalue weighted by atomic mass is 16.5. The van der Waals surface area contributed by atoms with E-state index in [2.05, 4.69) is 0 Å². The van der Waals surface area contributed by atoms with Gasteiger partial charge >= 0.3 is 5.97 Å². The molecule has 1 fully saturated rings. The number of carbonyl (C=O) groups is 1. The number of carboxylic acid groups (broad SMARTS) is 1. The van der Waals surface area contributed by atoms with E-state index in [1.54, 1.807) is 12.1 Å². The van der Waals surface area contributed by atoms with Crippen LogP contribution in [0, 0.1) is 5.92 Å². The molecule has 0 heterocycles. The minimum absolute atomic E-state index is 0.164. The monoisotopic (exact) mass is 236 g/mol. The maximum atomic E-state index is 11.1. The number of aromatic carboxylic acids is 1. The third kappa shape index (κ3) is 2.90. The van der Waals surface area contributed by atoms with Crippen molar-refractivity contribution in [2.45, 2.75) is 19.8 Å². The quantitative estimate of drug-likeness (QED) is 0.824. The Morgan fingerprint density at radius 3 is 2.76 bits per heavy atom. The van der Waals surface area contributed by atoms with Crippen molar-refractivity contribution in [2.75, 3.05) is 13.2 Å². The Balaban J connectivity index is 2.23. The molecule has 1 N–H and O–H groups in total. The summed E-state index contributed by atoms with van der Waals surface area (Å²) in [5.41, 5.74) is 0.164. The number of rotatable bonds is 6. The molecule has 0 aliphatic heterocycles. The average molecular weight is 236 g/mol. The number of carboxylic acids is 1. The van der Waals surface area contributed by atoms with Gasteiger partial charge in [-0.2, -0.15) is 0 Å². The minimum Gasteiger partial charge on any atom is -0.490 e. The van der Waals surface area contributed by atoms with Crippen molar-refractivity contribution in [3.63, 3.8) is 0 Å². The first-order valence-electron chi connectivity index (χ1n) is 5.84. The second-order valence-corrected chi connectivity index (χ2v) is 4.13. The maximum Gasteiger partial charge on any atom is 0.339 e. The van der Waals surface area contributed by atoms with Crippen LogP contribution in [0.2, 0.25) is 0 Å². The largest absolute Gasteiger partial charge is 0.490 e. The first-order valence-corrected chi connectivity index (χ1v) is 5.84. The van der Waals surface area contributed by atoms with E-state index >= 15 is 0 Å². The fraction of sp³-hybridized carbons (Fsp3) is 0.462. The maximum absolute atomic E-state index is 11.1. The molecular formula is C13H16O4. The average Bonchev–Trinajstić information content (AvgIpc) is 3.11. The van der Waals surface area contributed by atoms with Gasteiger partial charge in [-0.3, -0.25) is 0 Å². The van der Waals surface area contributed by atoms with Crippen LogP contribution in [-0.4, -0.2) is 24.3 Å². The van der Waals surface area contributed by atoms with Gasteiger partial charge < -0.3 is 14.6 Å². The van der Waals surface area contributed by atoms with Gasteiger partial charge in [-0.1, -0.05) is 6.07 Å². The summed E-state index contributed by atoms with van der Waals surface area (Å²) in [4.78, 5) is 11.1. The second-order valence-electron chi connectivity index (χ2n) is 4.13. The summed E-state index contributed by atoms with van der Waals surface area (Å²) in [5.74, 6) is 0.450.